The Kier molecular flexibility index (Phi) is 2.72. The smallest absolute Gasteiger partial charge is 0.0760 e. The van der Waals surface area contributed by atoms with Crippen molar-refractivity contribution < 1.29 is 4.74 Å². The molecular weight excluding hydrogens is 136 g/mol. The molecule has 0 N–H and O–H groups in total. The van der Waals surface area contributed by atoms with Crippen LogP contribution in [0, 0.1) is 5.92 Å². The van der Waals surface area contributed by atoms with E-state index in [0.717, 1.165) is 12.8 Å². The molecule has 0 aromatic rings. The molecule has 0 bridgehead atoms. The Hall–Kier alpha value is -0.300. The maximum absolute atomic E-state index is 5.72. The summed E-state index contributed by atoms with van der Waals surface area (Å²) in [5.74, 6) is 0.642. The maximum Gasteiger partial charge on any atom is 0.0760 e. The minimum absolute atomic E-state index is 0.267. The van der Waals surface area contributed by atoms with Crippen LogP contribution in [0.1, 0.15) is 33.6 Å². The molecule has 1 rings (SSSR count). The predicted octanol–water partition coefficient (Wildman–Crippen LogP) is 2.77. The van der Waals surface area contributed by atoms with Crippen LogP contribution in [0.15, 0.2) is 12.2 Å². The third kappa shape index (κ3) is 1.84. The molecule has 1 aliphatic rings. The van der Waals surface area contributed by atoms with Gasteiger partial charge in [-0.3, -0.25) is 0 Å². The fourth-order valence-corrected chi connectivity index (χ4v) is 1.64. The van der Waals surface area contributed by atoms with Gasteiger partial charge in [0.2, 0.25) is 0 Å². The van der Waals surface area contributed by atoms with Crippen molar-refractivity contribution in [2.45, 2.75) is 45.8 Å². The van der Waals surface area contributed by atoms with Gasteiger partial charge in [0.25, 0.3) is 0 Å². The van der Waals surface area contributed by atoms with Crippen LogP contribution in [0.3, 0.4) is 0 Å². The molecule has 0 aliphatic carbocycles. The average molecular weight is 154 g/mol. The molecule has 0 spiro atoms. The highest BCUT2D eigenvalue weighted by atomic mass is 16.5. The summed E-state index contributed by atoms with van der Waals surface area (Å²) in [7, 11) is 0. The lowest BCUT2D eigenvalue weighted by Crippen LogP contribution is -2.31. The minimum Gasteiger partial charge on any atom is -0.371 e. The van der Waals surface area contributed by atoms with Crippen molar-refractivity contribution in [3.8, 4) is 0 Å². The predicted molar refractivity (Wildman–Crippen MR) is 47.5 cm³/mol. The molecule has 0 aromatic carbocycles. The summed E-state index contributed by atoms with van der Waals surface area (Å²) in [6, 6.07) is 0. The van der Waals surface area contributed by atoms with E-state index in [1.54, 1.807) is 0 Å². The van der Waals surface area contributed by atoms with Gasteiger partial charge in [0.05, 0.1) is 12.2 Å². The number of hydrogen-bond donors (Lipinski definition) is 0. The maximum atomic E-state index is 5.72. The van der Waals surface area contributed by atoms with E-state index in [0.29, 0.717) is 12.0 Å². The lowest BCUT2D eigenvalue weighted by molar-refractivity contribution is -0.0248. The van der Waals surface area contributed by atoms with Gasteiger partial charge in [-0.1, -0.05) is 20.4 Å². The normalized spacial score (nSPS) is 39.2. The van der Waals surface area contributed by atoms with Gasteiger partial charge in [0.1, 0.15) is 0 Å². The van der Waals surface area contributed by atoms with Gasteiger partial charge in [-0.2, -0.15) is 0 Å². The largest absolute Gasteiger partial charge is 0.371 e. The second-order valence-corrected chi connectivity index (χ2v) is 3.52. The molecule has 0 radical (unpaired) electrons. The Morgan fingerprint density at radius 2 is 2.18 bits per heavy atom. The Morgan fingerprint density at radius 3 is 2.64 bits per heavy atom. The van der Waals surface area contributed by atoms with Gasteiger partial charge >= 0.3 is 0 Å². The van der Waals surface area contributed by atoms with Crippen LogP contribution in [0.4, 0.5) is 0 Å². The minimum atomic E-state index is 0.267. The number of rotatable bonds is 1. The summed E-state index contributed by atoms with van der Waals surface area (Å²) in [6.45, 7) is 10.5. The Labute approximate surface area is 69.4 Å². The Bertz CT molecular complexity index is 137. The third-order valence-electron chi connectivity index (χ3n) is 2.62. The third-order valence-corrected chi connectivity index (χ3v) is 2.62. The molecule has 1 heterocycles. The molecule has 1 nitrogen and oxygen atoms in total. The SMILES string of the molecule is C=C1C(C)CC(CC)OC1C. The fourth-order valence-electron chi connectivity index (χ4n) is 1.64. The zero-order valence-electron chi connectivity index (χ0n) is 7.76. The van der Waals surface area contributed by atoms with Crippen LogP contribution in [0.2, 0.25) is 0 Å². The van der Waals surface area contributed by atoms with Gasteiger partial charge in [-0.25, -0.2) is 0 Å². The van der Waals surface area contributed by atoms with E-state index >= 15 is 0 Å². The van der Waals surface area contributed by atoms with Crippen LogP contribution in [-0.2, 0) is 4.74 Å². The molecule has 3 unspecified atom stereocenters. The van der Waals surface area contributed by atoms with Gasteiger partial charge < -0.3 is 4.74 Å². The van der Waals surface area contributed by atoms with Crippen LogP contribution < -0.4 is 0 Å². The Balaban J connectivity index is 2.54. The zero-order chi connectivity index (χ0) is 8.43. The van der Waals surface area contributed by atoms with Crippen molar-refractivity contribution in [1.82, 2.24) is 0 Å². The van der Waals surface area contributed by atoms with E-state index in [4.69, 9.17) is 4.74 Å². The highest BCUT2D eigenvalue weighted by molar-refractivity contribution is 5.08. The van der Waals surface area contributed by atoms with E-state index in [2.05, 4.69) is 27.4 Å². The first-order valence-electron chi connectivity index (χ1n) is 4.49. The molecule has 1 saturated heterocycles. The quantitative estimate of drug-likeness (QED) is 0.528. The lowest BCUT2D eigenvalue weighted by Gasteiger charge is -2.33. The van der Waals surface area contributed by atoms with Crippen molar-refractivity contribution in [3.63, 3.8) is 0 Å². The van der Waals surface area contributed by atoms with Gasteiger partial charge in [0.15, 0.2) is 0 Å². The number of ether oxygens (including phenoxy) is 1. The van der Waals surface area contributed by atoms with Crippen molar-refractivity contribution in [3.05, 3.63) is 12.2 Å². The highest BCUT2D eigenvalue weighted by Gasteiger charge is 2.25. The molecule has 3 atom stereocenters. The molecule has 11 heavy (non-hydrogen) atoms. The first-order valence-corrected chi connectivity index (χ1v) is 4.49. The Morgan fingerprint density at radius 1 is 1.55 bits per heavy atom. The van der Waals surface area contributed by atoms with Crippen molar-refractivity contribution >= 4 is 0 Å². The summed E-state index contributed by atoms with van der Waals surface area (Å²) in [4.78, 5) is 0. The van der Waals surface area contributed by atoms with Gasteiger partial charge in [-0.15, -0.1) is 0 Å². The molecule has 0 saturated carbocycles. The first-order chi connectivity index (χ1) is 5.15. The van der Waals surface area contributed by atoms with Crippen LogP contribution >= 0.6 is 0 Å². The van der Waals surface area contributed by atoms with Gasteiger partial charge in [-0.05, 0) is 31.3 Å². The topological polar surface area (TPSA) is 9.23 Å². The molecule has 0 amide bonds. The van der Waals surface area contributed by atoms with Crippen LogP contribution in [0.25, 0.3) is 0 Å². The average Bonchev–Trinajstić information content (AvgIpc) is 1.99. The molecule has 1 heteroatoms. The summed E-state index contributed by atoms with van der Waals surface area (Å²) in [5.41, 5.74) is 1.26. The summed E-state index contributed by atoms with van der Waals surface area (Å²) in [6.07, 6.45) is 3.01. The monoisotopic (exact) mass is 154 g/mol. The van der Waals surface area contributed by atoms with E-state index in [-0.39, 0.29) is 6.10 Å². The fraction of sp³-hybridized carbons (Fsp3) is 0.800. The zero-order valence-corrected chi connectivity index (χ0v) is 7.76. The first kappa shape index (κ1) is 8.79. The molecular formula is C10H18O. The van der Waals surface area contributed by atoms with E-state index in [1.165, 1.54) is 5.57 Å². The highest BCUT2D eigenvalue weighted by Crippen LogP contribution is 2.29. The van der Waals surface area contributed by atoms with E-state index in [9.17, 15) is 0 Å². The summed E-state index contributed by atoms with van der Waals surface area (Å²) >= 11 is 0. The van der Waals surface area contributed by atoms with Crippen LogP contribution in [0.5, 0.6) is 0 Å². The van der Waals surface area contributed by atoms with Crippen molar-refractivity contribution in [2.24, 2.45) is 5.92 Å². The van der Waals surface area contributed by atoms with Crippen molar-refractivity contribution in [2.75, 3.05) is 0 Å². The standard InChI is InChI=1S/C10H18O/c1-5-10-6-7(2)8(3)9(4)11-10/h7,9-10H,3,5-6H2,1-2,4H3. The summed E-state index contributed by atoms with van der Waals surface area (Å²) < 4.78 is 5.72. The second-order valence-electron chi connectivity index (χ2n) is 3.52. The van der Waals surface area contributed by atoms with Crippen molar-refractivity contribution in [1.29, 1.82) is 0 Å². The molecule has 1 fully saturated rings. The molecule has 64 valence electrons. The summed E-state index contributed by atoms with van der Waals surface area (Å²) in [5, 5.41) is 0. The molecule has 0 aromatic heterocycles. The molecule has 1 aliphatic heterocycles. The second kappa shape index (κ2) is 3.40. The number of hydrogen-bond acceptors (Lipinski definition) is 1. The van der Waals surface area contributed by atoms with E-state index in [1.807, 2.05) is 0 Å². The van der Waals surface area contributed by atoms with Crippen LogP contribution in [-0.4, -0.2) is 12.2 Å². The van der Waals surface area contributed by atoms with E-state index < -0.39 is 0 Å². The van der Waals surface area contributed by atoms with Gasteiger partial charge in [0, 0.05) is 0 Å². The lowest BCUT2D eigenvalue weighted by atomic mass is 9.89.